The van der Waals surface area contributed by atoms with Crippen LogP contribution in [0, 0.1) is 11.8 Å². The number of hydrogen-bond acceptors (Lipinski definition) is 7. The van der Waals surface area contributed by atoms with Crippen molar-refractivity contribution in [3.8, 4) is 0 Å². The number of likely N-dealkylation sites (N-methyl/N-ethyl adjacent to an activating group) is 3. The highest BCUT2D eigenvalue weighted by Crippen LogP contribution is 2.44. The van der Waals surface area contributed by atoms with Gasteiger partial charge in [-0.3, -0.25) is 9.69 Å². The van der Waals surface area contributed by atoms with Gasteiger partial charge in [0, 0.05) is 44.1 Å². The molecule has 31 heavy (non-hydrogen) atoms. The maximum atomic E-state index is 13.5. The van der Waals surface area contributed by atoms with E-state index in [1.165, 1.54) is 9.78 Å². The molecule has 8 nitrogen and oxygen atoms in total. The average Bonchev–Trinajstić information content (AvgIpc) is 3.01. The maximum absolute atomic E-state index is 13.5. The molecule has 1 fully saturated rings. The molecule has 0 unspecified atom stereocenters. The fourth-order valence-electron chi connectivity index (χ4n) is 4.81. The number of anilines is 2. The first-order valence-electron chi connectivity index (χ1n) is 10.8. The number of fused-ring (bicyclic) bond motifs is 2. The summed E-state index contributed by atoms with van der Waals surface area (Å²) in [4.78, 5) is 35.0. The first-order valence-corrected chi connectivity index (χ1v) is 11.6. The van der Waals surface area contributed by atoms with Crippen LogP contribution in [0.3, 0.4) is 0 Å². The summed E-state index contributed by atoms with van der Waals surface area (Å²) >= 11 is 1.59. The molecule has 1 aliphatic carbocycles. The monoisotopic (exact) mass is 448 g/mol. The summed E-state index contributed by atoms with van der Waals surface area (Å²) in [5.74, 6) is -0.0182. The quantitative estimate of drug-likeness (QED) is 0.641. The third kappa shape index (κ3) is 4.88. The number of urea groups is 1. The Kier molecular flexibility index (Phi) is 7.28. The topological polar surface area (TPSA) is 99.1 Å². The number of amides is 3. The van der Waals surface area contributed by atoms with Crippen LogP contribution in [0.2, 0.25) is 0 Å². The second kappa shape index (κ2) is 9.58. The van der Waals surface area contributed by atoms with Gasteiger partial charge in [0.15, 0.2) is 0 Å². The second-order valence-corrected chi connectivity index (χ2v) is 10.3. The van der Waals surface area contributed by atoms with Crippen molar-refractivity contribution in [1.29, 1.82) is 0 Å². The number of nitrogens with zero attached hydrogens (tertiary/aromatic N) is 4. The van der Waals surface area contributed by atoms with Gasteiger partial charge in [-0.05, 0) is 51.9 Å². The van der Waals surface area contributed by atoms with E-state index in [1.54, 1.807) is 29.4 Å². The van der Waals surface area contributed by atoms with Gasteiger partial charge < -0.3 is 26.2 Å². The molecule has 0 spiro atoms. The van der Waals surface area contributed by atoms with E-state index >= 15 is 0 Å². The molecule has 0 saturated carbocycles. The summed E-state index contributed by atoms with van der Waals surface area (Å²) < 4.78 is 0. The van der Waals surface area contributed by atoms with Crippen molar-refractivity contribution in [2.75, 3.05) is 65.8 Å². The summed E-state index contributed by atoms with van der Waals surface area (Å²) in [6, 6.07) is 0.109. The summed E-state index contributed by atoms with van der Waals surface area (Å²) in [5, 5.41) is 0.697. The predicted molar refractivity (Wildman–Crippen MR) is 127 cm³/mol. The van der Waals surface area contributed by atoms with Crippen molar-refractivity contribution in [2.24, 2.45) is 11.8 Å². The highest BCUT2D eigenvalue weighted by Gasteiger charge is 2.43. The molecule has 0 radical (unpaired) electrons. The van der Waals surface area contributed by atoms with Crippen molar-refractivity contribution in [1.82, 2.24) is 19.6 Å². The Morgan fingerprint density at radius 1 is 1.23 bits per heavy atom. The van der Waals surface area contributed by atoms with Gasteiger partial charge >= 0.3 is 6.03 Å². The van der Waals surface area contributed by atoms with Crippen LogP contribution in [-0.4, -0.2) is 91.9 Å². The van der Waals surface area contributed by atoms with Crippen LogP contribution < -0.4 is 11.5 Å². The molecule has 4 N–H and O–H groups in total. The molecule has 3 amide bonds. The molecule has 1 aromatic rings. The van der Waals surface area contributed by atoms with E-state index in [0.717, 1.165) is 31.4 Å². The van der Waals surface area contributed by atoms with E-state index < -0.39 is 0 Å². The zero-order valence-corrected chi connectivity index (χ0v) is 20.0. The van der Waals surface area contributed by atoms with Crippen molar-refractivity contribution < 1.29 is 9.59 Å². The van der Waals surface area contributed by atoms with E-state index in [1.807, 2.05) is 19.0 Å². The number of hydrogen-bond donors (Lipinski definition) is 2. The van der Waals surface area contributed by atoms with E-state index in [2.05, 4.69) is 18.5 Å². The number of piperidine rings is 1. The Hall–Kier alpha value is -2.10. The Balaban J connectivity index is 1.74. The number of nitrogen functional groups attached to an aromatic ring is 2. The first kappa shape index (κ1) is 23.6. The average molecular weight is 449 g/mol. The Morgan fingerprint density at radius 3 is 2.58 bits per heavy atom. The Morgan fingerprint density at radius 2 is 1.94 bits per heavy atom. The molecule has 0 bridgehead atoms. The molecule has 3 atom stereocenters. The fraction of sp³-hybridized carbons (Fsp3) is 0.636. The van der Waals surface area contributed by atoms with Crippen molar-refractivity contribution in [3.05, 3.63) is 23.1 Å². The SMILES string of the molecule is C=CCN(C(=O)[C@@H]1C[C@@H]2Cc3c(sc(N)c3N)C[C@H]2N(C)C1)C(=O)N(C)CCN(C)C. The van der Waals surface area contributed by atoms with E-state index in [0.29, 0.717) is 35.7 Å². The highest BCUT2D eigenvalue weighted by atomic mass is 32.1. The second-order valence-electron chi connectivity index (χ2n) is 9.13. The molecule has 2 heterocycles. The summed E-state index contributed by atoms with van der Waals surface area (Å²) in [6.07, 6.45) is 4.13. The van der Waals surface area contributed by atoms with Crippen molar-refractivity contribution in [2.45, 2.75) is 25.3 Å². The molecule has 3 rings (SSSR count). The van der Waals surface area contributed by atoms with Crippen LogP contribution in [-0.2, 0) is 17.6 Å². The fourth-order valence-corrected chi connectivity index (χ4v) is 5.88. The lowest BCUT2D eigenvalue weighted by Crippen LogP contribution is -2.55. The Bertz CT molecular complexity index is 838. The van der Waals surface area contributed by atoms with Crippen LogP contribution in [0.15, 0.2) is 12.7 Å². The molecule has 1 aromatic heterocycles. The van der Waals surface area contributed by atoms with E-state index in [9.17, 15) is 9.59 Å². The van der Waals surface area contributed by atoms with Gasteiger partial charge in [0.05, 0.1) is 11.6 Å². The normalized spacial score (nSPS) is 23.2. The zero-order chi connectivity index (χ0) is 22.9. The van der Waals surface area contributed by atoms with Gasteiger partial charge in [-0.25, -0.2) is 4.79 Å². The van der Waals surface area contributed by atoms with Gasteiger partial charge in [0.2, 0.25) is 5.91 Å². The van der Waals surface area contributed by atoms with Crippen molar-refractivity contribution in [3.63, 3.8) is 0 Å². The van der Waals surface area contributed by atoms with Crippen LogP contribution in [0.4, 0.5) is 15.5 Å². The molecule has 1 aliphatic heterocycles. The number of nitrogens with two attached hydrogens (primary N) is 2. The van der Waals surface area contributed by atoms with Gasteiger partial charge in [-0.15, -0.1) is 17.9 Å². The van der Waals surface area contributed by atoms with E-state index in [-0.39, 0.29) is 24.4 Å². The minimum Gasteiger partial charge on any atom is -0.396 e. The van der Waals surface area contributed by atoms with Gasteiger partial charge in [-0.1, -0.05) is 6.08 Å². The van der Waals surface area contributed by atoms with Gasteiger partial charge in [0.1, 0.15) is 5.00 Å². The number of carbonyl (C=O) groups is 2. The third-order valence-electron chi connectivity index (χ3n) is 6.59. The molecule has 9 heteroatoms. The van der Waals surface area contributed by atoms with E-state index in [4.69, 9.17) is 11.5 Å². The zero-order valence-electron chi connectivity index (χ0n) is 19.1. The summed E-state index contributed by atoms with van der Waals surface area (Å²) in [5.41, 5.74) is 14.1. The molecule has 2 aliphatic rings. The number of likely N-dealkylation sites (tertiary alicyclic amines) is 1. The lowest BCUT2D eigenvalue weighted by molar-refractivity contribution is -0.135. The van der Waals surface area contributed by atoms with Crippen LogP contribution in [0.5, 0.6) is 0 Å². The smallest absolute Gasteiger partial charge is 0.326 e. The minimum absolute atomic E-state index is 0.115. The lowest BCUT2D eigenvalue weighted by Gasteiger charge is -2.45. The third-order valence-corrected chi connectivity index (χ3v) is 7.69. The highest BCUT2D eigenvalue weighted by molar-refractivity contribution is 7.16. The molecular weight excluding hydrogens is 412 g/mol. The molecule has 1 saturated heterocycles. The number of thiophene rings is 1. The standard InChI is InChI=1S/C22H36N6O2S/c1-6-7-28(22(30)26(4)9-8-25(2)3)21(29)15-10-14-11-16-18(31-20(24)19(16)23)12-17(14)27(5)13-15/h6,14-15,17H,1,7-13,23-24H2,2-5H3/t14-,15-,17-/m1/s1. The number of imide groups is 1. The lowest BCUT2D eigenvalue weighted by atomic mass is 9.74. The number of carbonyl (C=O) groups excluding carboxylic acids is 2. The molecule has 172 valence electrons. The van der Waals surface area contributed by atoms with Crippen LogP contribution >= 0.6 is 11.3 Å². The van der Waals surface area contributed by atoms with Crippen molar-refractivity contribution >= 4 is 34.0 Å². The number of rotatable bonds is 6. The minimum atomic E-state index is -0.266. The molecular formula is C22H36N6O2S. The maximum Gasteiger partial charge on any atom is 0.326 e. The van der Waals surface area contributed by atoms with Crippen LogP contribution in [0.1, 0.15) is 16.9 Å². The largest absolute Gasteiger partial charge is 0.396 e. The Labute approximate surface area is 189 Å². The summed E-state index contributed by atoms with van der Waals surface area (Å²) in [7, 11) is 7.74. The van der Waals surface area contributed by atoms with Crippen LogP contribution in [0.25, 0.3) is 0 Å². The first-order chi connectivity index (χ1) is 14.6. The molecule has 0 aromatic carbocycles. The predicted octanol–water partition coefficient (Wildman–Crippen LogP) is 1.58. The summed E-state index contributed by atoms with van der Waals surface area (Å²) in [6.45, 7) is 5.92. The van der Waals surface area contributed by atoms with Gasteiger partial charge in [0.25, 0.3) is 0 Å². The van der Waals surface area contributed by atoms with Gasteiger partial charge in [-0.2, -0.15) is 0 Å².